The molecule has 9 heteroatoms. The summed E-state index contributed by atoms with van der Waals surface area (Å²) in [6, 6.07) is -0.826. The minimum Gasteiger partial charge on any atom is -0.394 e. The fraction of sp³-hybridized carbons (Fsp3) is 0.793. The largest absolute Gasteiger partial charge is 0.394 e. The van der Waals surface area contributed by atoms with Gasteiger partial charge in [-0.15, -0.1) is 0 Å². The number of hydrogen-bond donors (Lipinski definition) is 6. The van der Waals surface area contributed by atoms with E-state index in [4.69, 9.17) is 9.47 Å². The number of ether oxygens (including phenoxy) is 2. The molecule has 6 N–H and O–H groups in total. The number of carbonyl (C=O) groups is 1. The van der Waals surface area contributed by atoms with Crippen molar-refractivity contribution < 1.29 is 39.8 Å². The fourth-order valence-corrected chi connectivity index (χ4v) is 12.1. The lowest BCUT2D eigenvalue weighted by Gasteiger charge is -2.40. The number of unbranched alkanes of at least 4 members (excludes halogenated alkanes) is 44. The molecule has 528 valence electrons. The number of carbonyl (C=O) groups excluding carboxylic acids is 1. The van der Waals surface area contributed by atoms with Gasteiger partial charge in [-0.2, -0.15) is 0 Å². The quantitative estimate of drug-likeness (QED) is 0.0261. The molecule has 0 spiro atoms. The molecule has 1 heterocycles. The van der Waals surface area contributed by atoms with Gasteiger partial charge in [-0.1, -0.05) is 368 Å². The van der Waals surface area contributed by atoms with Gasteiger partial charge in [-0.25, -0.2) is 0 Å². The number of rotatable bonds is 68. The molecule has 7 unspecified atom stereocenters. The number of hydrogen-bond acceptors (Lipinski definition) is 8. The van der Waals surface area contributed by atoms with Crippen LogP contribution in [0.15, 0.2) is 97.2 Å². The summed E-state index contributed by atoms with van der Waals surface area (Å²) < 4.78 is 11.3. The molecule has 1 saturated heterocycles. The highest BCUT2D eigenvalue weighted by Gasteiger charge is 2.44. The highest BCUT2D eigenvalue weighted by atomic mass is 16.7. The lowest BCUT2D eigenvalue weighted by atomic mass is 9.99. The van der Waals surface area contributed by atoms with Crippen molar-refractivity contribution >= 4 is 5.91 Å². The second-order valence-electron chi connectivity index (χ2n) is 26.8. The molecule has 0 aromatic rings. The SMILES string of the molecule is CC/C=C\C/C=C\C/C=C\C/C=C\C/C=C\C/C=C\CCCCCCCCCCCCCCCCCCCCCCCCC(=O)NC(COC1OC(CO)C(O)C(O)C1O)C(O)/C=C/CC/C=C/CCCCCCCCCCCCCCCCCCCCCCC. The zero-order chi connectivity index (χ0) is 65.7. The predicted octanol–water partition coefficient (Wildman–Crippen LogP) is 22.2. The molecule has 1 aliphatic heterocycles. The fourth-order valence-electron chi connectivity index (χ4n) is 12.1. The van der Waals surface area contributed by atoms with Gasteiger partial charge in [0, 0.05) is 6.42 Å². The molecular formula is C82H147NO8. The third kappa shape index (κ3) is 58.2. The summed E-state index contributed by atoms with van der Waals surface area (Å²) in [7, 11) is 0. The van der Waals surface area contributed by atoms with E-state index in [9.17, 15) is 30.3 Å². The molecule has 0 saturated carbocycles. The molecule has 9 nitrogen and oxygen atoms in total. The van der Waals surface area contributed by atoms with Gasteiger partial charge >= 0.3 is 0 Å². The monoisotopic (exact) mass is 1270 g/mol. The van der Waals surface area contributed by atoms with Gasteiger partial charge in [0.25, 0.3) is 0 Å². The Kier molecular flexibility index (Phi) is 66.2. The number of allylic oxidation sites excluding steroid dienone is 15. The van der Waals surface area contributed by atoms with Crippen molar-refractivity contribution in [3.8, 4) is 0 Å². The van der Waals surface area contributed by atoms with E-state index in [2.05, 4.69) is 104 Å². The Balaban J connectivity index is 2.08. The van der Waals surface area contributed by atoms with E-state index < -0.39 is 49.5 Å². The molecule has 0 bridgehead atoms. The maximum absolute atomic E-state index is 13.2. The summed E-state index contributed by atoms with van der Waals surface area (Å²) in [5.74, 6) is -0.182. The Morgan fingerprint density at radius 3 is 1.05 bits per heavy atom. The predicted molar refractivity (Wildman–Crippen MR) is 391 cm³/mol. The molecule has 0 aliphatic carbocycles. The zero-order valence-electron chi connectivity index (χ0n) is 59.3. The van der Waals surface area contributed by atoms with Crippen LogP contribution in [-0.2, 0) is 14.3 Å². The van der Waals surface area contributed by atoms with Gasteiger partial charge in [0.1, 0.15) is 24.4 Å². The van der Waals surface area contributed by atoms with Crippen LogP contribution in [-0.4, -0.2) is 87.5 Å². The molecule has 0 aromatic carbocycles. The third-order valence-corrected chi connectivity index (χ3v) is 18.1. The van der Waals surface area contributed by atoms with Gasteiger partial charge in [-0.05, 0) is 83.5 Å². The van der Waals surface area contributed by atoms with E-state index in [0.717, 1.165) is 77.0 Å². The number of amides is 1. The molecule has 91 heavy (non-hydrogen) atoms. The lowest BCUT2D eigenvalue weighted by molar-refractivity contribution is -0.302. The van der Waals surface area contributed by atoms with E-state index in [1.807, 2.05) is 6.08 Å². The molecule has 0 aromatic heterocycles. The van der Waals surface area contributed by atoms with Gasteiger partial charge in [0.15, 0.2) is 6.29 Å². The second kappa shape index (κ2) is 69.9. The van der Waals surface area contributed by atoms with Crippen LogP contribution in [0, 0.1) is 0 Å². The Labute approximate surface area is 562 Å². The van der Waals surface area contributed by atoms with Crippen LogP contribution in [0.25, 0.3) is 0 Å². The van der Waals surface area contributed by atoms with Crippen molar-refractivity contribution in [1.82, 2.24) is 5.32 Å². The topological polar surface area (TPSA) is 149 Å². The van der Waals surface area contributed by atoms with Crippen molar-refractivity contribution in [2.75, 3.05) is 13.2 Å². The van der Waals surface area contributed by atoms with Crippen LogP contribution in [0.1, 0.15) is 361 Å². The first kappa shape index (κ1) is 86.1. The number of nitrogens with one attached hydrogen (secondary N) is 1. The minimum atomic E-state index is -1.58. The van der Waals surface area contributed by atoms with Crippen LogP contribution in [0.5, 0.6) is 0 Å². The summed E-state index contributed by atoms with van der Waals surface area (Å²) >= 11 is 0. The van der Waals surface area contributed by atoms with E-state index in [0.29, 0.717) is 6.42 Å². The van der Waals surface area contributed by atoms with Crippen LogP contribution >= 0.6 is 0 Å². The van der Waals surface area contributed by atoms with Crippen molar-refractivity contribution in [2.24, 2.45) is 0 Å². The molecular weight excluding hydrogens is 1130 g/mol. The highest BCUT2D eigenvalue weighted by Crippen LogP contribution is 2.24. The number of aliphatic hydroxyl groups excluding tert-OH is 5. The Morgan fingerprint density at radius 1 is 0.385 bits per heavy atom. The smallest absolute Gasteiger partial charge is 0.220 e. The van der Waals surface area contributed by atoms with Crippen LogP contribution in [0.2, 0.25) is 0 Å². The van der Waals surface area contributed by atoms with Gasteiger partial charge < -0.3 is 40.3 Å². The average molecular weight is 1280 g/mol. The Hall–Kier alpha value is -2.89. The summed E-state index contributed by atoms with van der Waals surface area (Å²) in [5, 5.41) is 54.8. The van der Waals surface area contributed by atoms with Crippen molar-refractivity contribution in [3.05, 3.63) is 97.2 Å². The number of aliphatic hydroxyl groups is 5. The maximum Gasteiger partial charge on any atom is 0.220 e. The summed E-state index contributed by atoms with van der Waals surface area (Å²) in [4.78, 5) is 13.2. The summed E-state index contributed by atoms with van der Waals surface area (Å²) in [6.45, 7) is 3.69. The first-order valence-corrected chi connectivity index (χ1v) is 39.0. The molecule has 0 radical (unpaired) electrons. The maximum atomic E-state index is 13.2. The minimum absolute atomic E-state index is 0.182. The van der Waals surface area contributed by atoms with Crippen molar-refractivity contribution in [3.63, 3.8) is 0 Å². The summed E-state index contributed by atoms with van der Waals surface area (Å²) in [6.07, 6.45) is 95.5. The van der Waals surface area contributed by atoms with Crippen LogP contribution < -0.4 is 5.32 Å². The molecule has 1 amide bonds. The standard InChI is InChI=1S/C82H147NO8/c1-3-5-7-9-11-13-15-17-19-21-23-25-27-29-31-32-33-34-35-36-37-38-39-40-41-42-43-44-46-48-50-52-54-56-58-60-62-64-66-68-70-72-78(86)83-75(74-90-82-81(89)80(88)79(87)77(73-84)91-82)76(85)71-69-67-65-63-61-59-57-55-53-51-49-47-45-30-28-26-24-22-20-18-16-14-12-10-8-6-4-2/h5,7,11,13,17,19,23,25,29,31,33-34,61,63,69,71,75-77,79-82,84-85,87-89H,3-4,6,8-10,12,14-16,18,20-22,24,26-28,30,32,35-60,62,64-68,70,72-74H2,1-2H3,(H,83,86)/b7-5-,13-11-,19-17-,25-23-,31-29-,34-33-,63-61+,71-69+. The second-order valence-corrected chi connectivity index (χ2v) is 26.8. The van der Waals surface area contributed by atoms with Gasteiger partial charge in [0.05, 0.1) is 25.4 Å². The Morgan fingerprint density at radius 2 is 0.692 bits per heavy atom. The zero-order valence-corrected chi connectivity index (χ0v) is 59.3. The molecule has 7 atom stereocenters. The normalized spacial score (nSPS) is 18.3. The first-order valence-electron chi connectivity index (χ1n) is 39.0. The van der Waals surface area contributed by atoms with Crippen molar-refractivity contribution in [2.45, 2.75) is 403 Å². The highest BCUT2D eigenvalue weighted by molar-refractivity contribution is 5.76. The van der Waals surface area contributed by atoms with E-state index in [1.54, 1.807) is 6.08 Å². The summed E-state index contributed by atoms with van der Waals surface area (Å²) in [5.41, 5.74) is 0. The molecule has 1 aliphatic rings. The average Bonchev–Trinajstić information content (AvgIpc) is 1.58. The van der Waals surface area contributed by atoms with Crippen LogP contribution in [0.4, 0.5) is 0 Å². The van der Waals surface area contributed by atoms with Gasteiger partial charge in [-0.3, -0.25) is 4.79 Å². The third-order valence-electron chi connectivity index (χ3n) is 18.1. The molecule has 1 rings (SSSR count). The van der Waals surface area contributed by atoms with Crippen LogP contribution in [0.3, 0.4) is 0 Å². The molecule has 1 fully saturated rings. The van der Waals surface area contributed by atoms with Gasteiger partial charge in [0.2, 0.25) is 5.91 Å². The lowest BCUT2D eigenvalue weighted by Crippen LogP contribution is -2.60. The van der Waals surface area contributed by atoms with Crippen molar-refractivity contribution in [1.29, 1.82) is 0 Å². The van der Waals surface area contributed by atoms with E-state index in [1.165, 1.54) is 263 Å². The first-order chi connectivity index (χ1) is 44.8. The van der Waals surface area contributed by atoms with E-state index in [-0.39, 0.29) is 12.5 Å². The Bertz CT molecular complexity index is 1770. The van der Waals surface area contributed by atoms with E-state index >= 15 is 0 Å².